The third-order valence-electron chi connectivity index (χ3n) is 5.74. The van der Waals surface area contributed by atoms with Crippen molar-refractivity contribution in [3.05, 3.63) is 48.0 Å². The summed E-state index contributed by atoms with van der Waals surface area (Å²) in [5.74, 6) is 0.141. The summed E-state index contributed by atoms with van der Waals surface area (Å²) in [5.41, 5.74) is 0.957. The molecule has 0 aliphatic carbocycles. The molecule has 0 atom stereocenters. The van der Waals surface area contributed by atoms with Crippen LogP contribution in [-0.4, -0.2) is 53.3 Å². The summed E-state index contributed by atoms with van der Waals surface area (Å²) in [4.78, 5) is 12.7. The topological polar surface area (TPSA) is 122 Å². The molecule has 1 aliphatic rings. The van der Waals surface area contributed by atoms with Gasteiger partial charge in [-0.2, -0.15) is 4.31 Å². The van der Waals surface area contributed by atoms with Gasteiger partial charge in [-0.15, -0.1) is 0 Å². The van der Waals surface area contributed by atoms with Crippen molar-refractivity contribution in [2.45, 2.75) is 55.7 Å². The van der Waals surface area contributed by atoms with Crippen LogP contribution in [0.3, 0.4) is 0 Å². The lowest BCUT2D eigenvalue weighted by Gasteiger charge is -2.21. The average molecular weight is 524 g/mol. The Bertz CT molecular complexity index is 1220. The number of nitrogens with one attached hydrogen (secondary N) is 2. The highest BCUT2D eigenvalue weighted by molar-refractivity contribution is 7.89. The lowest BCUT2D eigenvalue weighted by Crippen LogP contribution is -2.32. The van der Waals surface area contributed by atoms with Crippen molar-refractivity contribution in [1.29, 1.82) is 0 Å². The number of anilines is 1. The van der Waals surface area contributed by atoms with Crippen molar-refractivity contribution in [2.75, 3.05) is 31.6 Å². The van der Waals surface area contributed by atoms with Crippen molar-refractivity contribution in [2.24, 2.45) is 0 Å². The smallest absolute Gasteiger partial charge is 0.243 e. The minimum Gasteiger partial charge on any atom is -0.494 e. The number of hydrogen-bond acceptors (Lipinski definition) is 6. The Kier molecular flexibility index (Phi) is 9.28. The van der Waals surface area contributed by atoms with Crippen LogP contribution in [0.2, 0.25) is 0 Å². The molecular formula is C24H33N3O6S2. The van der Waals surface area contributed by atoms with E-state index in [9.17, 15) is 21.6 Å². The number of rotatable bonds is 10. The maximum atomic E-state index is 13.2. The maximum Gasteiger partial charge on any atom is 0.243 e. The van der Waals surface area contributed by atoms with Crippen molar-refractivity contribution < 1.29 is 26.4 Å². The van der Waals surface area contributed by atoms with E-state index in [0.29, 0.717) is 36.7 Å². The van der Waals surface area contributed by atoms with Crippen LogP contribution in [0.5, 0.6) is 5.75 Å². The lowest BCUT2D eigenvalue weighted by molar-refractivity contribution is -0.116. The highest BCUT2D eigenvalue weighted by Gasteiger charge is 2.27. The van der Waals surface area contributed by atoms with E-state index in [1.807, 2.05) is 6.92 Å². The van der Waals surface area contributed by atoms with Gasteiger partial charge < -0.3 is 10.1 Å². The third-order valence-corrected chi connectivity index (χ3v) is 9.26. The van der Waals surface area contributed by atoms with Gasteiger partial charge in [0.2, 0.25) is 26.0 Å². The van der Waals surface area contributed by atoms with Crippen molar-refractivity contribution in [1.82, 2.24) is 9.03 Å². The van der Waals surface area contributed by atoms with Gasteiger partial charge in [0.05, 0.1) is 16.4 Å². The number of ether oxygens (including phenoxy) is 1. The summed E-state index contributed by atoms with van der Waals surface area (Å²) < 4.78 is 60.5. The monoisotopic (exact) mass is 523 g/mol. The molecule has 0 saturated carbocycles. The van der Waals surface area contributed by atoms with Crippen LogP contribution in [0.1, 0.15) is 44.6 Å². The summed E-state index contributed by atoms with van der Waals surface area (Å²) >= 11 is 0. The third kappa shape index (κ3) is 7.26. The zero-order valence-corrected chi connectivity index (χ0v) is 21.8. The molecule has 1 saturated heterocycles. The zero-order chi connectivity index (χ0) is 25.5. The molecule has 2 aromatic carbocycles. The summed E-state index contributed by atoms with van der Waals surface area (Å²) in [7, 11) is -7.44. The number of carbonyl (C=O) groups is 1. The number of nitrogens with zero attached hydrogens (tertiary/aromatic N) is 1. The molecule has 0 aromatic heterocycles. The van der Waals surface area contributed by atoms with Crippen LogP contribution >= 0.6 is 0 Å². The van der Waals surface area contributed by atoms with Crippen LogP contribution in [0.4, 0.5) is 5.69 Å². The second-order valence-electron chi connectivity index (χ2n) is 8.40. The summed E-state index contributed by atoms with van der Waals surface area (Å²) in [5, 5.41) is 2.67. The van der Waals surface area contributed by atoms with Crippen LogP contribution in [0, 0.1) is 6.92 Å². The fourth-order valence-electron chi connectivity index (χ4n) is 3.86. The number of carbonyl (C=O) groups excluding carboxylic acids is 1. The Morgan fingerprint density at radius 1 is 0.971 bits per heavy atom. The number of aryl methyl sites for hydroxylation is 1. The van der Waals surface area contributed by atoms with Crippen LogP contribution in [-0.2, 0) is 24.8 Å². The van der Waals surface area contributed by atoms with Gasteiger partial charge in [0.15, 0.2) is 0 Å². The van der Waals surface area contributed by atoms with Gasteiger partial charge in [-0.25, -0.2) is 21.6 Å². The molecule has 0 unspecified atom stereocenters. The van der Waals surface area contributed by atoms with E-state index >= 15 is 0 Å². The van der Waals surface area contributed by atoms with E-state index in [1.54, 1.807) is 31.2 Å². The molecule has 0 bridgehead atoms. The second kappa shape index (κ2) is 12.0. The molecular weight excluding hydrogens is 490 g/mol. The molecule has 11 heteroatoms. The molecule has 9 nitrogen and oxygen atoms in total. The molecule has 35 heavy (non-hydrogen) atoms. The molecule has 192 valence electrons. The molecule has 1 heterocycles. The Morgan fingerprint density at radius 2 is 1.63 bits per heavy atom. The van der Waals surface area contributed by atoms with Crippen molar-refractivity contribution in [3.63, 3.8) is 0 Å². The molecule has 2 aromatic rings. The lowest BCUT2D eigenvalue weighted by atomic mass is 10.2. The number of amides is 1. The first-order chi connectivity index (χ1) is 16.6. The second-order valence-corrected chi connectivity index (χ2v) is 12.1. The van der Waals surface area contributed by atoms with Crippen LogP contribution < -0.4 is 14.8 Å². The first kappa shape index (κ1) is 27.1. The van der Waals surface area contributed by atoms with Crippen molar-refractivity contribution in [3.8, 4) is 5.75 Å². The minimum atomic E-state index is -3.78. The zero-order valence-electron chi connectivity index (χ0n) is 20.1. The SMILES string of the molecule is CCOc1ccc(S(=O)(=O)NCCC(=O)Nc2ccc(C)c(S(=O)(=O)N3CCCCCC3)c2)cc1. The van der Waals surface area contributed by atoms with E-state index in [-0.39, 0.29) is 22.8 Å². The number of sulfonamides is 2. The van der Waals surface area contributed by atoms with Gasteiger partial charge in [0.25, 0.3) is 0 Å². The molecule has 0 spiro atoms. The minimum absolute atomic E-state index is 0.0725. The summed E-state index contributed by atoms with van der Waals surface area (Å²) in [6.45, 7) is 4.92. The molecule has 1 fully saturated rings. The Morgan fingerprint density at radius 3 is 2.26 bits per heavy atom. The fourth-order valence-corrected chi connectivity index (χ4v) is 6.66. The number of benzene rings is 2. The highest BCUT2D eigenvalue weighted by atomic mass is 32.2. The number of hydrogen-bond donors (Lipinski definition) is 2. The van der Waals surface area contributed by atoms with Gasteiger partial charge in [0.1, 0.15) is 5.75 Å². The molecule has 1 amide bonds. The normalized spacial score (nSPS) is 15.4. The predicted octanol–water partition coefficient (Wildman–Crippen LogP) is 3.27. The molecule has 1 aliphatic heterocycles. The molecule has 2 N–H and O–H groups in total. The summed E-state index contributed by atoms with van der Waals surface area (Å²) in [6, 6.07) is 10.8. The first-order valence-electron chi connectivity index (χ1n) is 11.8. The van der Waals surface area contributed by atoms with Gasteiger partial charge >= 0.3 is 0 Å². The van der Waals surface area contributed by atoms with E-state index in [4.69, 9.17) is 4.74 Å². The van der Waals surface area contributed by atoms with Gasteiger partial charge in [0, 0.05) is 31.7 Å². The van der Waals surface area contributed by atoms with Gasteiger partial charge in [-0.3, -0.25) is 4.79 Å². The van der Waals surface area contributed by atoms with Gasteiger partial charge in [-0.1, -0.05) is 18.9 Å². The fraction of sp³-hybridized carbons (Fsp3) is 0.458. The van der Waals surface area contributed by atoms with E-state index < -0.39 is 26.0 Å². The molecule has 0 radical (unpaired) electrons. The maximum absolute atomic E-state index is 13.2. The molecule has 3 rings (SSSR count). The predicted molar refractivity (Wildman–Crippen MR) is 134 cm³/mol. The largest absolute Gasteiger partial charge is 0.494 e. The Hall–Kier alpha value is -2.47. The van der Waals surface area contributed by atoms with E-state index in [2.05, 4.69) is 10.0 Å². The first-order valence-corrected chi connectivity index (χ1v) is 14.7. The van der Waals surface area contributed by atoms with E-state index in [0.717, 1.165) is 25.7 Å². The van der Waals surface area contributed by atoms with E-state index in [1.165, 1.54) is 22.5 Å². The van der Waals surface area contributed by atoms with Crippen LogP contribution in [0.25, 0.3) is 0 Å². The standard InChI is InChI=1S/C24H33N3O6S2/c1-3-33-21-10-12-22(13-11-21)34(29,30)25-15-14-24(28)26-20-9-8-19(2)23(18-20)35(31,32)27-16-6-4-5-7-17-27/h8-13,18,25H,3-7,14-17H2,1-2H3,(H,26,28). The van der Waals surface area contributed by atoms with Crippen LogP contribution in [0.15, 0.2) is 52.3 Å². The Labute approximate surface area is 208 Å². The highest BCUT2D eigenvalue weighted by Crippen LogP contribution is 2.26. The van der Waals surface area contributed by atoms with Gasteiger partial charge in [-0.05, 0) is 68.7 Å². The van der Waals surface area contributed by atoms with Crippen molar-refractivity contribution >= 4 is 31.6 Å². The average Bonchev–Trinajstić information content (AvgIpc) is 3.11. The Balaban J connectivity index is 1.60. The quantitative estimate of drug-likeness (QED) is 0.493. The summed E-state index contributed by atoms with van der Waals surface area (Å²) in [6.07, 6.45) is 3.59.